The average Bonchev–Trinajstić information content (AvgIpc) is 0.713. The van der Waals surface area contributed by atoms with E-state index in [1.165, 1.54) is 231 Å². The molecule has 20 rings (SSSR count). The van der Waals surface area contributed by atoms with Crippen molar-refractivity contribution in [3.8, 4) is 28.7 Å². The van der Waals surface area contributed by atoms with Crippen molar-refractivity contribution in [2.75, 3.05) is 89.1 Å². The molecule has 5 heterocycles. The molecule has 536 valence electrons. The van der Waals surface area contributed by atoms with Gasteiger partial charge in [0.1, 0.15) is 28.7 Å². The van der Waals surface area contributed by atoms with Crippen molar-refractivity contribution in [2.45, 2.75) is 250 Å². The number of methoxy groups -OCH3 is 4. The molecule has 99 heavy (non-hydrogen) atoms. The Bertz CT molecular complexity index is 3930. The molecule has 0 amide bonds. The highest BCUT2D eigenvalue weighted by Crippen LogP contribution is 2.61. The SMILES string of the molecule is CN1CC[C@@]23CCCC[C@@H]2[C@@H]1Cc1ccc(O)cc13.COc1ccc2c(c1)[C@]13CCCC[C@@H]1[C@H](C2)N(C)CC3.Cl.[2H]C([2H])([2H])Oc1ccc2c(c1)[C@]13CCCC[C@@H]1[C@H](C2)N(C)CC3.[2H]C([2H])([2H])Oc1ccc2c(c1)[C@]13CCCC[C@@H]1[C@H](C2)N(C)CC3.[2H]C([2H])([2H])Oc1ccc2c(c1)[C@]13CCCC[C@@H]1[C@H](C2)NCC3. The van der Waals surface area contributed by atoms with Gasteiger partial charge in [-0.1, -0.05) is 94.5 Å². The van der Waals surface area contributed by atoms with E-state index in [9.17, 15) is 5.11 Å². The summed E-state index contributed by atoms with van der Waals surface area (Å²) in [6.07, 6.45) is 38.4. The van der Waals surface area contributed by atoms with Crippen molar-refractivity contribution in [3.05, 3.63) is 147 Å². The zero-order valence-electron chi connectivity index (χ0n) is 69.5. The van der Waals surface area contributed by atoms with Gasteiger partial charge in [0.15, 0.2) is 0 Å². The first-order valence-corrected chi connectivity index (χ1v) is 39.2. The Kier molecular flexibility index (Phi) is 17.0. The topological polar surface area (TPSA) is 82.1 Å². The summed E-state index contributed by atoms with van der Waals surface area (Å²) in [7, 11) is 3.83. The second-order valence-electron chi connectivity index (χ2n) is 34.2. The molecule has 0 spiro atoms. The van der Waals surface area contributed by atoms with Crippen molar-refractivity contribution < 1.29 is 36.4 Å². The van der Waals surface area contributed by atoms with Crippen LogP contribution in [-0.4, -0.2) is 144 Å². The molecule has 5 aromatic rings. The summed E-state index contributed by atoms with van der Waals surface area (Å²) in [6, 6.07) is 34.2. The number of piperidine rings is 5. The zero-order chi connectivity index (χ0) is 74.6. The lowest BCUT2D eigenvalue weighted by molar-refractivity contribution is 0.00272. The van der Waals surface area contributed by atoms with Crippen molar-refractivity contribution in [3.63, 3.8) is 0 Å². The fourth-order valence-electron chi connectivity index (χ4n) is 25.9. The molecule has 0 aromatic heterocycles. The Balaban J connectivity index is 0.000000108. The second kappa shape index (κ2) is 28.3. The molecule has 15 aliphatic rings. The molecular formula is C88H122ClN5O5. The number of phenols is 1. The maximum absolute atomic E-state index is 9.91. The van der Waals surface area contributed by atoms with Gasteiger partial charge in [-0.15, -0.1) is 12.4 Å². The van der Waals surface area contributed by atoms with E-state index >= 15 is 0 Å². The third-order valence-electron chi connectivity index (χ3n) is 30.6. The molecule has 0 unspecified atom stereocenters. The highest BCUT2D eigenvalue weighted by molar-refractivity contribution is 5.85. The lowest BCUT2D eigenvalue weighted by Gasteiger charge is -2.58. The molecule has 11 heteroatoms. The lowest BCUT2D eigenvalue weighted by atomic mass is 9.52. The highest BCUT2D eigenvalue weighted by atomic mass is 35.5. The number of benzene rings is 5. The highest BCUT2D eigenvalue weighted by Gasteiger charge is 2.58. The van der Waals surface area contributed by atoms with E-state index in [2.05, 4.69) is 102 Å². The van der Waals surface area contributed by atoms with Gasteiger partial charge >= 0.3 is 0 Å². The van der Waals surface area contributed by atoms with Crippen LogP contribution in [0.3, 0.4) is 0 Å². The fraction of sp³-hybridized carbons (Fsp3) is 0.659. The van der Waals surface area contributed by atoms with Crippen molar-refractivity contribution >= 4 is 12.4 Å². The quantitative estimate of drug-likeness (QED) is 0.182. The first-order chi connectivity index (χ1) is 51.2. The third-order valence-corrected chi connectivity index (χ3v) is 30.6. The molecule has 10 aliphatic carbocycles. The molecular weight excluding hydrogens is 1240 g/mol. The number of aromatic hydroxyl groups is 1. The first kappa shape index (κ1) is 59.6. The monoisotopic (exact) mass is 1370 g/mol. The Hall–Kier alpha value is -4.81. The van der Waals surface area contributed by atoms with Crippen LogP contribution >= 0.6 is 12.4 Å². The van der Waals surface area contributed by atoms with Crippen LogP contribution in [0.2, 0.25) is 0 Å². The molecule has 15 atom stereocenters. The smallest absolute Gasteiger partial charge is 0.119 e. The summed E-state index contributed by atoms with van der Waals surface area (Å²) in [5, 5.41) is 13.6. The van der Waals surface area contributed by atoms with Gasteiger partial charge in [-0.05, 0) is 335 Å². The van der Waals surface area contributed by atoms with Gasteiger partial charge in [-0.25, -0.2) is 0 Å². The average molecular weight is 1370 g/mol. The van der Waals surface area contributed by atoms with E-state index in [1.807, 2.05) is 42.5 Å². The van der Waals surface area contributed by atoms with Crippen LogP contribution in [0.5, 0.6) is 28.7 Å². The van der Waals surface area contributed by atoms with Crippen LogP contribution in [0.4, 0.5) is 0 Å². The maximum atomic E-state index is 9.91. The second-order valence-corrected chi connectivity index (χ2v) is 34.2. The Labute approximate surface area is 614 Å². The van der Waals surface area contributed by atoms with Crippen LogP contribution in [0, 0.1) is 29.6 Å². The van der Waals surface area contributed by atoms with Gasteiger partial charge in [0, 0.05) is 57.3 Å². The van der Waals surface area contributed by atoms with E-state index in [1.54, 1.807) is 18.2 Å². The van der Waals surface area contributed by atoms with Gasteiger partial charge in [0.2, 0.25) is 0 Å². The van der Waals surface area contributed by atoms with E-state index in [4.69, 9.17) is 31.3 Å². The van der Waals surface area contributed by atoms with Crippen molar-refractivity contribution in [2.24, 2.45) is 29.6 Å². The molecule has 5 aromatic carbocycles. The van der Waals surface area contributed by atoms with Gasteiger partial charge in [0.25, 0.3) is 0 Å². The molecule has 10 nitrogen and oxygen atoms in total. The molecule has 0 radical (unpaired) electrons. The van der Waals surface area contributed by atoms with Crippen LogP contribution in [-0.2, 0) is 59.2 Å². The number of phenolic OH excluding ortho intramolecular Hbond substituents is 1. The molecule has 2 N–H and O–H groups in total. The number of rotatable bonds is 4. The van der Waals surface area contributed by atoms with Crippen LogP contribution in [0.1, 0.15) is 228 Å². The number of likely N-dealkylation sites (N-methyl/N-ethyl adjacent to an activating group) is 4. The summed E-state index contributed by atoms with van der Waals surface area (Å²) < 4.78 is 87.2. The van der Waals surface area contributed by atoms with E-state index in [0.29, 0.717) is 69.7 Å². The number of ether oxygens (including phenoxy) is 4. The van der Waals surface area contributed by atoms with Gasteiger partial charge in [-0.3, -0.25) is 0 Å². The molecule has 5 aliphatic heterocycles. The molecule has 5 saturated carbocycles. The standard InChI is InChI=1S/3C18H25NO.2C17H23NO.ClH/c3*1-19-10-9-18-8-4-3-5-15(18)17(19)11-13-6-7-14(20-2)12-16(13)18;1-19-13-6-5-12-10-16-14-4-2-3-7-17(14,8-9-18-16)15(12)11-13;1-18-9-8-17-7-3-2-4-14(17)16(18)10-12-5-6-13(19)11-15(12)17;/h3*6-7,12,15,17H,3-5,8-11H2,1-2H3;5-6,11,14,16,18H,2-4,7-10H2,1H3;5-6,11,14,16,19H,2-4,7-10H2,1H3;1H/t3*15-,17+,18+;2*14-,16+,17+;/m11111./s1/i2*2D3;;1D3;;. The minimum atomic E-state index is -2.37. The Morgan fingerprint density at radius 1 is 0.364 bits per heavy atom. The van der Waals surface area contributed by atoms with Crippen molar-refractivity contribution in [1.29, 1.82) is 0 Å². The van der Waals surface area contributed by atoms with Crippen molar-refractivity contribution in [1.82, 2.24) is 24.9 Å². The first-order valence-electron chi connectivity index (χ1n) is 43.7. The zero-order valence-corrected chi connectivity index (χ0v) is 61.3. The number of nitrogens with one attached hydrogen (secondary N) is 1. The Morgan fingerprint density at radius 2 is 0.657 bits per heavy atom. The lowest BCUT2D eigenvalue weighted by Crippen LogP contribution is -2.59. The third kappa shape index (κ3) is 11.9. The van der Waals surface area contributed by atoms with Crippen LogP contribution < -0.4 is 24.3 Å². The summed E-state index contributed by atoms with van der Waals surface area (Å²) in [6.45, 7) is 5.84. The largest absolute Gasteiger partial charge is 0.508 e. The number of hydrogen-bond acceptors (Lipinski definition) is 10. The van der Waals surface area contributed by atoms with Crippen LogP contribution in [0.25, 0.3) is 0 Å². The molecule has 5 saturated heterocycles. The minimum absolute atomic E-state index is 0. The molecule has 10 bridgehead atoms. The summed E-state index contributed by atoms with van der Waals surface area (Å²) in [5.74, 6) is 6.80. The van der Waals surface area contributed by atoms with Gasteiger partial charge in [0.05, 0.1) is 40.6 Å². The van der Waals surface area contributed by atoms with E-state index < -0.39 is 21.1 Å². The van der Waals surface area contributed by atoms with Gasteiger partial charge < -0.3 is 49.0 Å². The predicted molar refractivity (Wildman–Crippen MR) is 405 cm³/mol. The summed E-state index contributed by atoms with van der Waals surface area (Å²) in [5.41, 5.74) is 16.1. The minimum Gasteiger partial charge on any atom is -0.508 e. The number of hydrogen-bond donors (Lipinski definition) is 2. The van der Waals surface area contributed by atoms with Crippen LogP contribution in [0.15, 0.2) is 91.0 Å². The number of fused-ring (bicyclic) bond motifs is 5. The number of halogens is 1. The number of nitrogens with zero attached hydrogens (tertiary/aromatic N) is 4. The van der Waals surface area contributed by atoms with Gasteiger partial charge in [-0.2, -0.15) is 0 Å². The summed E-state index contributed by atoms with van der Waals surface area (Å²) in [4.78, 5) is 10.3. The molecule has 10 fully saturated rings. The fourth-order valence-corrected chi connectivity index (χ4v) is 25.9. The number of likely N-dealkylation sites (tertiary alicyclic amines) is 4. The summed E-state index contributed by atoms with van der Waals surface area (Å²) >= 11 is 0. The van der Waals surface area contributed by atoms with E-state index in [-0.39, 0.29) is 28.7 Å². The predicted octanol–water partition coefficient (Wildman–Crippen LogP) is 16.7. The maximum Gasteiger partial charge on any atom is 0.119 e. The van der Waals surface area contributed by atoms with E-state index in [0.717, 1.165) is 68.6 Å². The normalized spacial score (nSPS) is 37.8. The Morgan fingerprint density at radius 3 is 0.990 bits per heavy atom.